The van der Waals surface area contributed by atoms with Crippen LogP contribution < -0.4 is 0 Å². The highest BCUT2D eigenvalue weighted by Gasteiger charge is 2.43. The van der Waals surface area contributed by atoms with Crippen molar-refractivity contribution >= 4 is 0 Å². The third-order valence-corrected chi connectivity index (χ3v) is 5.17. The van der Waals surface area contributed by atoms with E-state index in [9.17, 15) is 0 Å². The Labute approximate surface area is 126 Å². The number of rotatable bonds is 4. The van der Waals surface area contributed by atoms with Gasteiger partial charge >= 0.3 is 0 Å². The van der Waals surface area contributed by atoms with Crippen LogP contribution in [0.3, 0.4) is 0 Å². The molecule has 2 aromatic rings. The topological polar surface area (TPSA) is 31.9 Å². The molecule has 2 atom stereocenters. The van der Waals surface area contributed by atoms with Gasteiger partial charge in [0.25, 0.3) is 0 Å². The number of hydrogen-bond acceptors (Lipinski definition) is 2. The highest BCUT2D eigenvalue weighted by atomic mass is 15.2. The summed E-state index contributed by atoms with van der Waals surface area (Å²) in [7, 11) is 0. The second-order valence-corrected chi connectivity index (χ2v) is 6.58. The van der Waals surface area contributed by atoms with Gasteiger partial charge in [-0.05, 0) is 50.3 Å². The number of nitrogens with zero attached hydrogens (tertiary/aromatic N) is 2. The average Bonchev–Trinajstić information content (AvgIpc) is 3.18. The Morgan fingerprint density at radius 3 is 2.67 bits per heavy atom. The first kappa shape index (κ1) is 13.1. The van der Waals surface area contributed by atoms with Crippen molar-refractivity contribution in [2.75, 3.05) is 13.1 Å². The zero-order chi connectivity index (χ0) is 14.1. The van der Waals surface area contributed by atoms with Crippen molar-refractivity contribution in [1.82, 2.24) is 14.9 Å². The molecule has 2 aliphatic rings. The van der Waals surface area contributed by atoms with Crippen LogP contribution in [0.2, 0.25) is 0 Å². The van der Waals surface area contributed by atoms with Crippen LogP contribution in [-0.2, 0) is 6.42 Å². The monoisotopic (exact) mass is 281 g/mol. The standard InChI is InChI=1S/C18H23N3/c1-2-4-15(5-3-1)17-11-18(17)21-8-6-14(7-9-21)10-16-12-19-13-20-16/h1-5,12-14,17-18H,6-11H2,(H,19,20). The number of imidazole rings is 1. The van der Waals surface area contributed by atoms with Gasteiger partial charge in [0.05, 0.1) is 6.33 Å². The van der Waals surface area contributed by atoms with Crippen LogP contribution >= 0.6 is 0 Å². The minimum atomic E-state index is 0.787. The molecule has 1 N–H and O–H groups in total. The summed E-state index contributed by atoms with van der Waals surface area (Å²) in [5.74, 6) is 1.62. The Morgan fingerprint density at radius 1 is 1.14 bits per heavy atom. The zero-order valence-electron chi connectivity index (χ0n) is 12.4. The van der Waals surface area contributed by atoms with E-state index in [0.29, 0.717) is 0 Å². The molecule has 0 amide bonds. The minimum absolute atomic E-state index is 0.787. The fourth-order valence-electron chi connectivity index (χ4n) is 3.84. The van der Waals surface area contributed by atoms with Crippen LogP contribution in [0.1, 0.15) is 36.4 Å². The molecular formula is C18H23N3. The van der Waals surface area contributed by atoms with E-state index in [1.54, 1.807) is 6.33 Å². The SMILES string of the molecule is c1ccc(C2CC2N2CCC(Cc3cnc[nH]3)CC2)cc1. The van der Waals surface area contributed by atoms with E-state index in [4.69, 9.17) is 0 Å². The first-order chi connectivity index (χ1) is 10.4. The lowest BCUT2D eigenvalue weighted by molar-refractivity contribution is 0.173. The van der Waals surface area contributed by atoms with Crippen molar-refractivity contribution in [3.8, 4) is 0 Å². The molecule has 0 bridgehead atoms. The second-order valence-electron chi connectivity index (χ2n) is 6.58. The van der Waals surface area contributed by atoms with Gasteiger partial charge in [0.1, 0.15) is 0 Å². The Hall–Kier alpha value is -1.61. The van der Waals surface area contributed by atoms with Crippen LogP contribution in [0.25, 0.3) is 0 Å². The highest BCUT2D eigenvalue weighted by Crippen LogP contribution is 2.45. The molecular weight excluding hydrogens is 258 g/mol. The number of likely N-dealkylation sites (tertiary alicyclic amines) is 1. The van der Waals surface area contributed by atoms with Gasteiger partial charge < -0.3 is 4.98 Å². The van der Waals surface area contributed by atoms with Crippen LogP contribution in [0.15, 0.2) is 42.9 Å². The average molecular weight is 281 g/mol. The lowest BCUT2D eigenvalue weighted by atomic mass is 9.92. The van der Waals surface area contributed by atoms with E-state index in [0.717, 1.165) is 17.9 Å². The largest absolute Gasteiger partial charge is 0.348 e. The molecule has 1 aliphatic carbocycles. The molecule has 1 saturated carbocycles. The molecule has 2 unspecified atom stereocenters. The quantitative estimate of drug-likeness (QED) is 0.933. The van der Waals surface area contributed by atoms with Crippen molar-refractivity contribution in [2.45, 2.75) is 37.6 Å². The maximum Gasteiger partial charge on any atom is 0.0921 e. The third-order valence-electron chi connectivity index (χ3n) is 5.17. The number of H-pyrrole nitrogens is 1. The number of hydrogen-bond donors (Lipinski definition) is 1. The van der Waals surface area contributed by atoms with Crippen molar-refractivity contribution in [3.63, 3.8) is 0 Å². The summed E-state index contributed by atoms with van der Waals surface area (Å²) in [5, 5.41) is 0. The van der Waals surface area contributed by atoms with Crippen LogP contribution in [0, 0.1) is 5.92 Å². The van der Waals surface area contributed by atoms with Crippen molar-refractivity contribution in [2.24, 2.45) is 5.92 Å². The Morgan fingerprint density at radius 2 is 1.95 bits per heavy atom. The molecule has 0 spiro atoms. The first-order valence-corrected chi connectivity index (χ1v) is 8.16. The number of benzene rings is 1. The van der Waals surface area contributed by atoms with E-state index in [-0.39, 0.29) is 0 Å². The van der Waals surface area contributed by atoms with E-state index >= 15 is 0 Å². The van der Waals surface area contributed by atoms with Gasteiger partial charge in [-0.25, -0.2) is 4.98 Å². The summed E-state index contributed by atoms with van der Waals surface area (Å²) in [6.45, 7) is 2.54. The lowest BCUT2D eigenvalue weighted by Gasteiger charge is -2.32. The Bertz CT molecular complexity index is 555. The van der Waals surface area contributed by atoms with Crippen LogP contribution in [0.4, 0.5) is 0 Å². The molecule has 0 radical (unpaired) electrons. The third kappa shape index (κ3) is 2.88. The Kier molecular flexibility index (Phi) is 3.52. The van der Waals surface area contributed by atoms with Gasteiger partial charge in [-0.1, -0.05) is 30.3 Å². The number of nitrogens with one attached hydrogen (secondary N) is 1. The summed E-state index contributed by atoms with van der Waals surface area (Å²) >= 11 is 0. The van der Waals surface area contributed by atoms with E-state index in [1.807, 2.05) is 6.20 Å². The van der Waals surface area contributed by atoms with Crippen molar-refractivity contribution in [1.29, 1.82) is 0 Å². The van der Waals surface area contributed by atoms with Gasteiger partial charge in [0.15, 0.2) is 0 Å². The van der Waals surface area contributed by atoms with Crippen molar-refractivity contribution < 1.29 is 0 Å². The van der Waals surface area contributed by atoms with E-state index in [1.165, 1.54) is 50.0 Å². The molecule has 110 valence electrons. The smallest absolute Gasteiger partial charge is 0.0921 e. The molecule has 21 heavy (non-hydrogen) atoms. The summed E-state index contributed by atoms with van der Waals surface area (Å²) < 4.78 is 0. The van der Waals surface area contributed by atoms with E-state index < -0.39 is 0 Å². The summed E-state index contributed by atoms with van der Waals surface area (Å²) in [5.41, 5.74) is 2.82. The molecule has 2 fully saturated rings. The maximum absolute atomic E-state index is 4.12. The van der Waals surface area contributed by atoms with Gasteiger partial charge in [-0.15, -0.1) is 0 Å². The number of aromatic nitrogens is 2. The molecule has 3 nitrogen and oxygen atoms in total. The molecule has 1 aromatic heterocycles. The van der Waals surface area contributed by atoms with Crippen LogP contribution in [-0.4, -0.2) is 34.0 Å². The molecule has 2 heterocycles. The Balaban J connectivity index is 1.29. The van der Waals surface area contributed by atoms with E-state index in [2.05, 4.69) is 45.2 Å². The lowest BCUT2D eigenvalue weighted by Crippen LogP contribution is -2.36. The maximum atomic E-state index is 4.12. The first-order valence-electron chi connectivity index (χ1n) is 8.16. The summed E-state index contributed by atoms with van der Waals surface area (Å²) in [4.78, 5) is 10.1. The second kappa shape index (κ2) is 5.64. The number of piperidine rings is 1. The van der Waals surface area contributed by atoms with Crippen LogP contribution in [0.5, 0.6) is 0 Å². The molecule has 4 rings (SSSR count). The fraction of sp³-hybridized carbons (Fsp3) is 0.500. The van der Waals surface area contributed by atoms with Gasteiger partial charge in [0.2, 0.25) is 0 Å². The molecule has 1 aromatic carbocycles. The molecule has 1 aliphatic heterocycles. The van der Waals surface area contributed by atoms with Crippen molar-refractivity contribution in [3.05, 3.63) is 54.1 Å². The fourth-order valence-corrected chi connectivity index (χ4v) is 3.84. The minimum Gasteiger partial charge on any atom is -0.348 e. The van der Waals surface area contributed by atoms with Gasteiger partial charge in [-0.3, -0.25) is 4.90 Å². The summed E-state index contributed by atoms with van der Waals surface area (Å²) in [6, 6.07) is 11.8. The zero-order valence-corrected chi connectivity index (χ0v) is 12.4. The normalized spacial score (nSPS) is 26.9. The molecule has 1 saturated heterocycles. The highest BCUT2D eigenvalue weighted by molar-refractivity contribution is 5.27. The van der Waals surface area contributed by atoms with Gasteiger partial charge in [-0.2, -0.15) is 0 Å². The molecule has 3 heteroatoms. The predicted octanol–water partition coefficient (Wildman–Crippen LogP) is 3.22. The van der Waals surface area contributed by atoms with Gasteiger partial charge in [0, 0.05) is 23.9 Å². The summed E-state index contributed by atoms with van der Waals surface area (Å²) in [6.07, 6.45) is 8.95. The number of aromatic amines is 1. The predicted molar refractivity (Wildman–Crippen MR) is 84.2 cm³/mol.